The Morgan fingerprint density at radius 3 is 2.67 bits per heavy atom. The Morgan fingerprint density at radius 1 is 1.12 bits per heavy atom. The van der Waals surface area contributed by atoms with Gasteiger partial charge >= 0.3 is 0 Å². The van der Waals surface area contributed by atoms with Crippen molar-refractivity contribution in [2.24, 2.45) is 11.1 Å². The van der Waals surface area contributed by atoms with Crippen molar-refractivity contribution in [1.82, 2.24) is 20.2 Å². The van der Waals surface area contributed by atoms with Crippen LogP contribution in [-0.4, -0.2) is 33.3 Å². The standard InChI is InChI=1S/C26H25ClN6/c1-16(18-7-4-5-9-20(18)27)22-23-25(32-31-22)30-21(15-29-23)33-12-10-26(11-13-33)14-17-6-2-3-8-19(17)24(26)28/h2-9,15,24H,1,10-14,28H2,(H,30,31,32)/t24-/m1/s1. The molecule has 2 aromatic heterocycles. The van der Waals surface area contributed by atoms with E-state index in [2.05, 4.69) is 45.9 Å². The van der Waals surface area contributed by atoms with Gasteiger partial charge in [0.2, 0.25) is 5.65 Å². The van der Waals surface area contributed by atoms with Crippen LogP contribution in [0.1, 0.15) is 41.3 Å². The number of aromatic amines is 1. The van der Waals surface area contributed by atoms with Crippen LogP contribution in [0, 0.1) is 5.41 Å². The third kappa shape index (κ3) is 3.24. The molecule has 6 rings (SSSR count). The first-order chi connectivity index (χ1) is 16.1. The molecule has 0 amide bonds. The number of nitrogens with two attached hydrogens (primary N) is 1. The number of halogens is 1. The molecule has 6 nitrogen and oxygen atoms in total. The molecule has 1 aliphatic carbocycles. The number of rotatable bonds is 3. The number of H-pyrrole nitrogens is 1. The van der Waals surface area contributed by atoms with Gasteiger partial charge in [-0.2, -0.15) is 5.10 Å². The largest absolute Gasteiger partial charge is 0.355 e. The number of hydrogen-bond acceptors (Lipinski definition) is 5. The van der Waals surface area contributed by atoms with Crippen LogP contribution in [0.2, 0.25) is 5.02 Å². The van der Waals surface area contributed by atoms with E-state index in [1.807, 2.05) is 30.5 Å². The molecule has 2 aromatic carbocycles. The average Bonchev–Trinajstić information content (AvgIpc) is 3.38. The van der Waals surface area contributed by atoms with E-state index in [0.29, 0.717) is 16.2 Å². The Hall–Kier alpha value is -3.22. The third-order valence-electron chi connectivity index (χ3n) is 7.43. The van der Waals surface area contributed by atoms with Crippen LogP contribution in [0.4, 0.5) is 5.82 Å². The van der Waals surface area contributed by atoms with Crippen molar-refractivity contribution in [3.8, 4) is 0 Å². The van der Waals surface area contributed by atoms with Crippen LogP contribution in [0.25, 0.3) is 16.7 Å². The Morgan fingerprint density at radius 2 is 1.88 bits per heavy atom. The van der Waals surface area contributed by atoms with Gasteiger partial charge in [-0.05, 0) is 41.9 Å². The van der Waals surface area contributed by atoms with Crippen molar-refractivity contribution in [1.29, 1.82) is 0 Å². The summed E-state index contributed by atoms with van der Waals surface area (Å²) in [5.41, 5.74) is 13.2. The lowest BCUT2D eigenvalue weighted by Crippen LogP contribution is -2.44. The fourth-order valence-electron chi connectivity index (χ4n) is 5.48. The van der Waals surface area contributed by atoms with Crippen LogP contribution in [0.15, 0.2) is 61.3 Å². The molecule has 4 aromatic rings. The number of anilines is 1. The lowest BCUT2D eigenvalue weighted by Gasteiger charge is -2.42. The van der Waals surface area contributed by atoms with E-state index < -0.39 is 0 Å². The second-order valence-electron chi connectivity index (χ2n) is 9.16. The molecule has 166 valence electrons. The van der Waals surface area contributed by atoms with E-state index in [9.17, 15) is 0 Å². The molecule has 1 saturated heterocycles. The van der Waals surface area contributed by atoms with Gasteiger partial charge in [-0.1, -0.05) is 60.6 Å². The van der Waals surface area contributed by atoms with E-state index in [1.165, 1.54) is 11.1 Å². The smallest absolute Gasteiger partial charge is 0.202 e. The zero-order valence-corrected chi connectivity index (χ0v) is 19.0. The summed E-state index contributed by atoms with van der Waals surface area (Å²) >= 11 is 6.36. The van der Waals surface area contributed by atoms with Crippen LogP contribution < -0.4 is 10.6 Å². The molecule has 1 aliphatic heterocycles. The predicted octanol–water partition coefficient (Wildman–Crippen LogP) is 4.91. The van der Waals surface area contributed by atoms with Gasteiger partial charge in [0.1, 0.15) is 11.3 Å². The molecule has 1 spiro atoms. The van der Waals surface area contributed by atoms with Crippen molar-refractivity contribution in [2.45, 2.75) is 25.3 Å². The number of aromatic nitrogens is 4. The Labute approximate surface area is 197 Å². The summed E-state index contributed by atoms with van der Waals surface area (Å²) < 4.78 is 0. The molecule has 7 heteroatoms. The minimum Gasteiger partial charge on any atom is -0.355 e. The fourth-order valence-corrected chi connectivity index (χ4v) is 5.73. The minimum atomic E-state index is 0.106. The van der Waals surface area contributed by atoms with Gasteiger partial charge in [0, 0.05) is 35.3 Å². The molecule has 1 fully saturated rings. The number of nitrogens with one attached hydrogen (secondary N) is 1. The Kier molecular flexibility index (Phi) is 4.75. The Bertz CT molecular complexity index is 1370. The van der Waals surface area contributed by atoms with Gasteiger partial charge in [-0.25, -0.2) is 9.97 Å². The van der Waals surface area contributed by atoms with Gasteiger partial charge < -0.3 is 10.6 Å². The predicted molar refractivity (Wildman–Crippen MR) is 132 cm³/mol. The monoisotopic (exact) mass is 456 g/mol. The Balaban J connectivity index is 1.22. The zero-order chi connectivity index (χ0) is 22.6. The number of hydrogen-bond donors (Lipinski definition) is 2. The van der Waals surface area contributed by atoms with Crippen molar-refractivity contribution < 1.29 is 0 Å². The second kappa shape index (κ2) is 7.68. The van der Waals surface area contributed by atoms with Crippen LogP contribution in [-0.2, 0) is 6.42 Å². The summed E-state index contributed by atoms with van der Waals surface area (Å²) in [5.74, 6) is 0.850. The van der Waals surface area contributed by atoms with Crippen LogP contribution in [0.5, 0.6) is 0 Å². The minimum absolute atomic E-state index is 0.106. The molecule has 0 saturated carbocycles. The zero-order valence-electron chi connectivity index (χ0n) is 18.3. The van der Waals surface area contributed by atoms with E-state index in [-0.39, 0.29) is 11.5 Å². The molecule has 2 aliphatic rings. The van der Waals surface area contributed by atoms with Crippen molar-refractivity contribution >= 4 is 34.2 Å². The molecular weight excluding hydrogens is 432 g/mol. The van der Waals surface area contributed by atoms with Gasteiger partial charge in [0.25, 0.3) is 0 Å². The molecule has 1 atom stereocenters. The van der Waals surface area contributed by atoms with Crippen molar-refractivity contribution in [2.75, 3.05) is 18.0 Å². The molecular formula is C26H25ClN6. The van der Waals surface area contributed by atoms with E-state index in [4.69, 9.17) is 27.3 Å². The first kappa shape index (κ1) is 20.4. The van der Waals surface area contributed by atoms with Gasteiger partial charge in [-0.3, -0.25) is 5.10 Å². The van der Waals surface area contributed by atoms with E-state index in [0.717, 1.165) is 55.0 Å². The van der Waals surface area contributed by atoms with Gasteiger partial charge in [0.15, 0.2) is 0 Å². The average molecular weight is 457 g/mol. The normalized spacial score (nSPS) is 19.2. The first-order valence-corrected chi connectivity index (χ1v) is 11.7. The summed E-state index contributed by atoms with van der Waals surface area (Å²) in [6.07, 6.45) is 4.98. The summed E-state index contributed by atoms with van der Waals surface area (Å²) in [6, 6.07) is 16.3. The summed E-state index contributed by atoms with van der Waals surface area (Å²) in [6.45, 7) is 6.03. The van der Waals surface area contributed by atoms with Crippen LogP contribution >= 0.6 is 11.6 Å². The molecule has 0 radical (unpaired) electrons. The highest BCUT2D eigenvalue weighted by atomic mass is 35.5. The van der Waals surface area contributed by atoms with Crippen molar-refractivity contribution in [3.05, 3.63) is 88.7 Å². The van der Waals surface area contributed by atoms with E-state index >= 15 is 0 Å². The highest BCUT2D eigenvalue weighted by Crippen LogP contribution is 2.50. The summed E-state index contributed by atoms with van der Waals surface area (Å²) in [4.78, 5) is 11.8. The van der Waals surface area contributed by atoms with E-state index in [1.54, 1.807) is 0 Å². The maximum absolute atomic E-state index is 6.73. The molecule has 0 bridgehead atoms. The number of piperidine rings is 1. The van der Waals surface area contributed by atoms with Crippen LogP contribution in [0.3, 0.4) is 0 Å². The maximum atomic E-state index is 6.73. The highest BCUT2D eigenvalue weighted by molar-refractivity contribution is 6.32. The third-order valence-corrected chi connectivity index (χ3v) is 7.76. The lowest BCUT2D eigenvalue weighted by atomic mass is 9.73. The highest BCUT2D eigenvalue weighted by Gasteiger charge is 2.45. The summed E-state index contributed by atoms with van der Waals surface area (Å²) in [7, 11) is 0. The number of fused-ring (bicyclic) bond motifs is 2. The topological polar surface area (TPSA) is 83.7 Å². The maximum Gasteiger partial charge on any atom is 0.202 e. The SMILES string of the molecule is C=C(c1ccccc1Cl)c1[nH]nc2nc(N3CCC4(CC3)Cc3ccccc3[C@H]4N)cnc12. The quantitative estimate of drug-likeness (QED) is 0.457. The molecule has 3 heterocycles. The van der Waals surface area contributed by atoms with Crippen molar-refractivity contribution in [3.63, 3.8) is 0 Å². The first-order valence-electron chi connectivity index (χ1n) is 11.3. The van der Waals surface area contributed by atoms with Gasteiger partial charge in [-0.15, -0.1) is 0 Å². The molecule has 0 unspecified atom stereocenters. The fraction of sp³-hybridized carbons (Fsp3) is 0.269. The molecule has 33 heavy (non-hydrogen) atoms. The number of nitrogens with zero attached hydrogens (tertiary/aromatic N) is 4. The van der Waals surface area contributed by atoms with Gasteiger partial charge in [0.05, 0.1) is 11.9 Å². The second-order valence-corrected chi connectivity index (χ2v) is 9.57. The summed E-state index contributed by atoms with van der Waals surface area (Å²) in [5, 5.41) is 8.11. The lowest BCUT2D eigenvalue weighted by molar-refractivity contribution is 0.187. The number of benzene rings is 2. The molecule has 3 N–H and O–H groups in total.